The molecule has 0 atom stereocenters. The van der Waals surface area contributed by atoms with Gasteiger partial charge < -0.3 is 10.6 Å². The van der Waals surface area contributed by atoms with Gasteiger partial charge >= 0.3 is 0 Å². The Morgan fingerprint density at radius 1 is 0.861 bits per heavy atom. The average molecular weight is 504 g/mol. The van der Waals surface area contributed by atoms with Crippen molar-refractivity contribution in [2.45, 2.75) is 19.5 Å². The molecule has 2 amide bonds. The molecule has 1 aromatic carbocycles. The molecule has 0 saturated heterocycles. The van der Waals surface area contributed by atoms with E-state index >= 15 is 0 Å². The van der Waals surface area contributed by atoms with Crippen LogP contribution in [0.15, 0.2) is 73.2 Å². The highest BCUT2D eigenvalue weighted by molar-refractivity contribution is 6.33. The molecular weight excluding hydrogens is 481 g/mol. The number of hydrogen-bond donors (Lipinski definition) is 2. The number of anilines is 1. The van der Waals surface area contributed by atoms with Gasteiger partial charge in [0.2, 0.25) is 0 Å². The summed E-state index contributed by atoms with van der Waals surface area (Å²) in [5.41, 5.74) is 2.38. The van der Waals surface area contributed by atoms with Gasteiger partial charge in [0.25, 0.3) is 11.8 Å². The van der Waals surface area contributed by atoms with Crippen LogP contribution in [0.25, 0.3) is 22.4 Å². The Morgan fingerprint density at radius 2 is 1.58 bits per heavy atom. The van der Waals surface area contributed by atoms with Crippen molar-refractivity contribution in [2.24, 2.45) is 0 Å². The Labute approximate surface area is 212 Å². The number of benzene rings is 1. The van der Waals surface area contributed by atoms with Crippen molar-refractivity contribution in [3.63, 3.8) is 0 Å². The molecule has 2 N–H and O–H groups in total. The van der Waals surface area contributed by atoms with E-state index < -0.39 is 11.6 Å². The smallest absolute Gasteiger partial charge is 0.269 e. The number of amides is 2. The summed E-state index contributed by atoms with van der Waals surface area (Å²) < 4.78 is 14.3. The van der Waals surface area contributed by atoms with Crippen LogP contribution in [-0.4, -0.2) is 33.8 Å². The first-order valence-electron chi connectivity index (χ1n) is 11.1. The first kappa shape index (κ1) is 24.9. The molecule has 7 nitrogen and oxygen atoms in total. The fraction of sp³-hybridized carbons (Fsp3) is 0.148. The number of nitrogens with one attached hydrogen (secondary N) is 2. The molecule has 0 aliphatic rings. The summed E-state index contributed by atoms with van der Waals surface area (Å²) >= 11 is 6.49. The van der Waals surface area contributed by atoms with Crippen LogP contribution in [0.3, 0.4) is 0 Å². The van der Waals surface area contributed by atoms with Gasteiger partial charge in [-0.25, -0.2) is 4.39 Å². The van der Waals surface area contributed by atoms with E-state index in [-0.39, 0.29) is 22.9 Å². The number of carbonyl (C=O) groups is 2. The molecule has 36 heavy (non-hydrogen) atoms. The summed E-state index contributed by atoms with van der Waals surface area (Å²) in [7, 11) is 1.54. The largest absolute Gasteiger partial charge is 0.354 e. The van der Waals surface area contributed by atoms with Crippen molar-refractivity contribution in [3.05, 3.63) is 95.2 Å². The predicted molar refractivity (Wildman–Crippen MR) is 138 cm³/mol. The van der Waals surface area contributed by atoms with Gasteiger partial charge in [-0.05, 0) is 74.0 Å². The van der Waals surface area contributed by atoms with Gasteiger partial charge in [0.15, 0.2) is 0 Å². The van der Waals surface area contributed by atoms with E-state index in [2.05, 4.69) is 25.6 Å². The van der Waals surface area contributed by atoms with Crippen molar-refractivity contribution in [2.75, 3.05) is 12.4 Å². The SMILES string of the molecule is CNC(=O)c1cc(-c2cc(-c3cc(NC(=O)c4ccnc(C(C)(C)F)c4)ccc3Cl)ccn2)ccn1. The molecule has 0 fully saturated rings. The molecule has 9 heteroatoms. The fourth-order valence-corrected chi connectivity index (χ4v) is 3.75. The molecule has 0 spiro atoms. The van der Waals surface area contributed by atoms with E-state index in [1.165, 1.54) is 32.2 Å². The van der Waals surface area contributed by atoms with Crippen molar-refractivity contribution in [1.82, 2.24) is 20.3 Å². The summed E-state index contributed by atoms with van der Waals surface area (Å²) in [6.07, 6.45) is 4.60. The lowest BCUT2D eigenvalue weighted by Crippen LogP contribution is -2.19. The number of halogens is 2. The molecule has 0 aliphatic carbocycles. The first-order valence-corrected chi connectivity index (χ1v) is 11.4. The van der Waals surface area contributed by atoms with E-state index in [1.807, 2.05) is 6.07 Å². The monoisotopic (exact) mass is 503 g/mol. The minimum Gasteiger partial charge on any atom is -0.354 e. The zero-order chi connectivity index (χ0) is 25.9. The van der Waals surface area contributed by atoms with Gasteiger partial charge in [0, 0.05) is 53.0 Å². The zero-order valence-corrected chi connectivity index (χ0v) is 20.6. The molecule has 3 aromatic heterocycles. The number of aromatic nitrogens is 3. The lowest BCUT2D eigenvalue weighted by Gasteiger charge is -2.14. The van der Waals surface area contributed by atoms with Crippen LogP contribution in [0.1, 0.15) is 40.4 Å². The normalized spacial score (nSPS) is 11.1. The fourth-order valence-electron chi connectivity index (χ4n) is 3.52. The molecule has 3 heterocycles. The van der Waals surface area contributed by atoms with Gasteiger partial charge in [-0.2, -0.15) is 0 Å². The summed E-state index contributed by atoms with van der Waals surface area (Å²) in [4.78, 5) is 37.3. The Hall–Kier alpha value is -4.17. The first-order chi connectivity index (χ1) is 17.2. The molecule has 182 valence electrons. The third-order valence-electron chi connectivity index (χ3n) is 5.44. The minimum atomic E-state index is -1.67. The Balaban J connectivity index is 1.63. The second-order valence-corrected chi connectivity index (χ2v) is 8.90. The Morgan fingerprint density at radius 3 is 2.33 bits per heavy atom. The highest BCUT2D eigenvalue weighted by atomic mass is 35.5. The number of carbonyl (C=O) groups excluding carboxylic acids is 2. The summed E-state index contributed by atoms with van der Waals surface area (Å²) in [6.45, 7) is 2.77. The second kappa shape index (κ2) is 10.2. The third-order valence-corrected chi connectivity index (χ3v) is 5.77. The maximum atomic E-state index is 14.3. The maximum Gasteiger partial charge on any atom is 0.269 e. The number of pyridine rings is 3. The highest BCUT2D eigenvalue weighted by Gasteiger charge is 2.22. The molecule has 0 unspecified atom stereocenters. The van der Waals surface area contributed by atoms with Crippen molar-refractivity contribution in [3.8, 4) is 22.4 Å². The van der Waals surface area contributed by atoms with Gasteiger partial charge in [0.1, 0.15) is 11.4 Å². The van der Waals surface area contributed by atoms with Crippen LogP contribution < -0.4 is 10.6 Å². The molecular formula is C27H23ClFN5O2. The molecule has 4 aromatic rings. The number of hydrogen-bond acceptors (Lipinski definition) is 5. The van der Waals surface area contributed by atoms with E-state index in [0.717, 1.165) is 11.1 Å². The van der Waals surface area contributed by atoms with E-state index in [9.17, 15) is 14.0 Å². The predicted octanol–water partition coefficient (Wildman–Crippen LogP) is 5.68. The van der Waals surface area contributed by atoms with Crippen molar-refractivity contribution >= 4 is 29.1 Å². The summed E-state index contributed by atoms with van der Waals surface area (Å²) in [6, 6.07) is 15.1. The highest BCUT2D eigenvalue weighted by Crippen LogP contribution is 2.33. The number of alkyl halides is 1. The van der Waals surface area contributed by atoms with E-state index in [1.54, 1.807) is 55.8 Å². The minimum absolute atomic E-state index is 0.173. The Kier molecular flexibility index (Phi) is 7.07. The van der Waals surface area contributed by atoms with Crippen LogP contribution in [-0.2, 0) is 5.67 Å². The van der Waals surface area contributed by atoms with E-state index in [4.69, 9.17) is 11.6 Å². The lowest BCUT2D eigenvalue weighted by molar-refractivity contribution is 0.0957. The molecule has 0 radical (unpaired) electrons. The quantitative estimate of drug-likeness (QED) is 0.353. The second-order valence-electron chi connectivity index (χ2n) is 8.49. The zero-order valence-electron chi connectivity index (χ0n) is 19.8. The standard InChI is InChI=1S/C27H23ClFN5O2/c1-27(2,29)24-14-18(8-11-33-24)25(35)34-19-4-5-21(28)20(15-19)16-6-9-31-22(12-16)17-7-10-32-23(13-17)26(36)30-3/h4-15H,1-3H3,(H,30,36)(H,34,35). The van der Waals surface area contributed by atoms with E-state index in [0.29, 0.717) is 22.0 Å². The van der Waals surface area contributed by atoms with Gasteiger partial charge in [-0.3, -0.25) is 24.5 Å². The third kappa shape index (κ3) is 5.55. The van der Waals surface area contributed by atoms with Crippen LogP contribution in [0.5, 0.6) is 0 Å². The molecule has 0 bridgehead atoms. The molecule has 0 aliphatic heterocycles. The lowest BCUT2D eigenvalue weighted by atomic mass is 10.0. The number of nitrogens with zero attached hydrogens (tertiary/aromatic N) is 3. The maximum absolute atomic E-state index is 14.3. The van der Waals surface area contributed by atoms with Gasteiger partial charge in [-0.15, -0.1) is 0 Å². The summed E-state index contributed by atoms with van der Waals surface area (Å²) in [5.74, 6) is -0.694. The average Bonchev–Trinajstić information content (AvgIpc) is 2.89. The van der Waals surface area contributed by atoms with Crippen LogP contribution in [0.2, 0.25) is 5.02 Å². The topological polar surface area (TPSA) is 96.9 Å². The van der Waals surface area contributed by atoms with Crippen LogP contribution in [0, 0.1) is 0 Å². The van der Waals surface area contributed by atoms with Crippen molar-refractivity contribution in [1.29, 1.82) is 0 Å². The van der Waals surface area contributed by atoms with Crippen molar-refractivity contribution < 1.29 is 14.0 Å². The molecule has 0 saturated carbocycles. The Bertz CT molecular complexity index is 1450. The summed E-state index contributed by atoms with van der Waals surface area (Å²) in [5, 5.41) is 5.87. The molecule has 4 rings (SSSR count). The van der Waals surface area contributed by atoms with Crippen LogP contribution in [0.4, 0.5) is 10.1 Å². The number of rotatable bonds is 6. The van der Waals surface area contributed by atoms with Gasteiger partial charge in [-0.1, -0.05) is 11.6 Å². The van der Waals surface area contributed by atoms with Gasteiger partial charge in [0.05, 0.1) is 11.4 Å². The van der Waals surface area contributed by atoms with Crippen LogP contribution >= 0.6 is 11.6 Å².